The number of carbonyl (C=O) groups is 1. The van der Waals surface area contributed by atoms with Crippen molar-refractivity contribution in [3.63, 3.8) is 0 Å². The molecule has 2 rings (SSSR count). The summed E-state index contributed by atoms with van der Waals surface area (Å²) in [7, 11) is 0. The molecule has 2 aromatic rings. The van der Waals surface area contributed by atoms with Crippen molar-refractivity contribution in [1.82, 2.24) is 0 Å². The van der Waals surface area contributed by atoms with Gasteiger partial charge in [0.05, 0.1) is 11.3 Å². The molecule has 0 aliphatic heterocycles. The van der Waals surface area contributed by atoms with Crippen LogP contribution in [-0.2, 0) is 0 Å². The minimum absolute atomic E-state index is 0.159. The van der Waals surface area contributed by atoms with E-state index in [-0.39, 0.29) is 22.9 Å². The van der Waals surface area contributed by atoms with Gasteiger partial charge in [-0.1, -0.05) is 22.0 Å². The molecular formula is C15H15BrN2O2. The second kappa shape index (κ2) is 5.54. The number of halogens is 1. The van der Waals surface area contributed by atoms with E-state index in [1.165, 1.54) is 6.07 Å². The Balaban J connectivity index is 2.36. The molecule has 0 atom stereocenters. The number of phenols is 1. The largest absolute Gasteiger partial charge is 0.505 e. The number of amides is 1. The van der Waals surface area contributed by atoms with Gasteiger partial charge in [0.1, 0.15) is 0 Å². The first-order valence-corrected chi connectivity index (χ1v) is 6.85. The molecule has 0 radical (unpaired) electrons. The topological polar surface area (TPSA) is 75.4 Å². The number of hydrogen-bond acceptors (Lipinski definition) is 3. The van der Waals surface area contributed by atoms with E-state index in [9.17, 15) is 9.90 Å². The molecule has 0 unspecified atom stereocenters. The van der Waals surface area contributed by atoms with E-state index >= 15 is 0 Å². The number of para-hydroxylation sites is 1. The summed E-state index contributed by atoms with van der Waals surface area (Å²) in [5.41, 5.74) is 8.55. The SMILES string of the molecule is Cc1cc(Br)cc(C)c1NC(=O)c1cccc(N)c1O. The molecule has 5 heteroatoms. The molecule has 1 amide bonds. The second-order valence-corrected chi connectivity index (χ2v) is 5.53. The third kappa shape index (κ3) is 2.77. The zero-order valence-corrected chi connectivity index (χ0v) is 12.8. The van der Waals surface area contributed by atoms with Crippen molar-refractivity contribution in [2.45, 2.75) is 13.8 Å². The Morgan fingerprint density at radius 3 is 2.45 bits per heavy atom. The van der Waals surface area contributed by atoms with E-state index in [1.54, 1.807) is 12.1 Å². The van der Waals surface area contributed by atoms with Crippen LogP contribution in [0.5, 0.6) is 5.75 Å². The van der Waals surface area contributed by atoms with Crippen molar-refractivity contribution in [2.75, 3.05) is 11.1 Å². The lowest BCUT2D eigenvalue weighted by Gasteiger charge is -2.13. The van der Waals surface area contributed by atoms with E-state index < -0.39 is 0 Å². The Bertz CT molecular complexity index is 661. The standard InChI is InChI=1S/C15H15BrN2O2/c1-8-6-10(16)7-9(2)13(8)18-15(20)11-4-3-5-12(17)14(11)19/h3-7,19H,17H2,1-2H3,(H,18,20). The van der Waals surface area contributed by atoms with Crippen molar-refractivity contribution in [1.29, 1.82) is 0 Å². The Labute approximate surface area is 125 Å². The van der Waals surface area contributed by atoms with E-state index in [0.29, 0.717) is 0 Å². The molecule has 0 saturated heterocycles. The molecule has 4 N–H and O–H groups in total. The highest BCUT2D eigenvalue weighted by Gasteiger charge is 2.15. The molecule has 0 saturated carbocycles. The van der Waals surface area contributed by atoms with Gasteiger partial charge < -0.3 is 16.2 Å². The van der Waals surface area contributed by atoms with Gasteiger partial charge in [-0.15, -0.1) is 0 Å². The molecular weight excluding hydrogens is 320 g/mol. The van der Waals surface area contributed by atoms with Crippen LogP contribution < -0.4 is 11.1 Å². The molecule has 0 aromatic heterocycles. The zero-order valence-electron chi connectivity index (χ0n) is 11.2. The summed E-state index contributed by atoms with van der Waals surface area (Å²) in [6, 6.07) is 8.54. The smallest absolute Gasteiger partial charge is 0.259 e. The van der Waals surface area contributed by atoms with Crippen molar-refractivity contribution < 1.29 is 9.90 Å². The zero-order chi connectivity index (χ0) is 14.9. The Morgan fingerprint density at radius 1 is 1.25 bits per heavy atom. The number of anilines is 2. The number of carbonyl (C=O) groups excluding carboxylic acids is 1. The van der Waals surface area contributed by atoms with Crippen LogP contribution in [0.4, 0.5) is 11.4 Å². The first-order valence-electron chi connectivity index (χ1n) is 6.05. The van der Waals surface area contributed by atoms with E-state index in [4.69, 9.17) is 5.73 Å². The fourth-order valence-electron chi connectivity index (χ4n) is 2.03. The lowest BCUT2D eigenvalue weighted by molar-refractivity contribution is 0.102. The number of hydrogen-bond donors (Lipinski definition) is 3. The fourth-order valence-corrected chi connectivity index (χ4v) is 2.72. The number of aromatic hydroxyl groups is 1. The van der Waals surface area contributed by atoms with Gasteiger partial charge in [0.2, 0.25) is 0 Å². The Morgan fingerprint density at radius 2 is 1.85 bits per heavy atom. The molecule has 20 heavy (non-hydrogen) atoms. The average Bonchev–Trinajstić information content (AvgIpc) is 2.36. The molecule has 0 bridgehead atoms. The van der Waals surface area contributed by atoms with Crippen molar-refractivity contribution in [2.24, 2.45) is 0 Å². The minimum Gasteiger partial charge on any atom is -0.505 e. The van der Waals surface area contributed by atoms with Gasteiger partial charge in [-0.25, -0.2) is 0 Å². The first kappa shape index (κ1) is 14.4. The van der Waals surface area contributed by atoms with Crippen molar-refractivity contribution >= 4 is 33.2 Å². The fraction of sp³-hybridized carbons (Fsp3) is 0.133. The monoisotopic (exact) mass is 334 g/mol. The van der Waals surface area contributed by atoms with Crippen LogP contribution in [0, 0.1) is 13.8 Å². The highest BCUT2D eigenvalue weighted by molar-refractivity contribution is 9.10. The normalized spacial score (nSPS) is 10.3. The molecule has 0 heterocycles. The first-order chi connectivity index (χ1) is 9.40. The number of nitrogens with one attached hydrogen (secondary N) is 1. The number of rotatable bonds is 2. The van der Waals surface area contributed by atoms with Crippen LogP contribution in [0.1, 0.15) is 21.5 Å². The minimum atomic E-state index is -0.386. The van der Waals surface area contributed by atoms with Crippen LogP contribution in [0.15, 0.2) is 34.8 Å². The summed E-state index contributed by atoms with van der Waals surface area (Å²) < 4.78 is 0.956. The van der Waals surface area contributed by atoms with Crippen LogP contribution in [0.2, 0.25) is 0 Å². The maximum atomic E-state index is 12.2. The van der Waals surface area contributed by atoms with Gasteiger partial charge >= 0.3 is 0 Å². The third-order valence-corrected chi connectivity index (χ3v) is 3.51. The van der Waals surface area contributed by atoms with Crippen molar-refractivity contribution in [3.05, 3.63) is 51.5 Å². The quantitative estimate of drug-likeness (QED) is 0.580. The average molecular weight is 335 g/mol. The van der Waals surface area contributed by atoms with E-state index in [1.807, 2.05) is 26.0 Å². The number of benzene rings is 2. The van der Waals surface area contributed by atoms with Crippen LogP contribution in [0.3, 0.4) is 0 Å². The van der Waals surface area contributed by atoms with Gasteiger partial charge in [0.25, 0.3) is 5.91 Å². The molecule has 104 valence electrons. The Hall–Kier alpha value is -2.01. The highest BCUT2D eigenvalue weighted by Crippen LogP contribution is 2.28. The lowest BCUT2D eigenvalue weighted by Crippen LogP contribution is -2.14. The highest BCUT2D eigenvalue weighted by atomic mass is 79.9. The molecule has 0 spiro atoms. The lowest BCUT2D eigenvalue weighted by atomic mass is 10.1. The summed E-state index contributed by atoms with van der Waals surface area (Å²) in [6.45, 7) is 3.82. The summed E-state index contributed by atoms with van der Waals surface area (Å²) in [5, 5.41) is 12.7. The summed E-state index contributed by atoms with van der Waals surface area (Å²) in [5.74, 6) is -0.583. The number of nitrogens with two attached hydrogens (primary N) is 1. The Kier molecular flexibility index (Phi) is 3.99. The van der Waals surface area contributed by atoms with E-state index in [0.717, 1.165) is 21.3 Å². The number of aryl methyl sites for hydroxylation is 2. The van der Waals surface area contributed by atoms with Crippen molar-refractivity contribution in [3.8, 4) is 5.75 Å². The summed E-state index contributed by atoms with van der Waals surface area (Å²) in [4.78, 5) is 12.2. The summed E-state index contributed by atoms with van der Waals surface area (Å²) >= 11 is 3.41. The van der Waals surface area contributed by atoms with Crippen LogP contribution >= 0.6 is 15.9 Å². The molecule has 0 aliphatic carbocycles. The van der Waals surface area contributed by atoms with E-state index in [2.05, 4.69) is 21.2 Å². The molecule has 0 fully saturated rings. The van der Waals surface area contributed by atoms with Crippen LogP contribution in [-0.4, -0.2) is 11.0 Å². The molecule has 2 aromatic carbocycles. The molecule has 4 nitrogen and oxygen atoms in total. The number of phenolic OH excluding ortho intramolecular Hbond substituents is 1. The van der Waals surface area contributed by atoms with Crippen LogP contribution in [0.25, 0.3) is 0 Å². The predicted molar refractivity (Wildman–Crippen MR) is 84.1 cm³/mol. The third-order valence-electron chi connectivity index (χ3n) is 3.05. The second-order valence-electron chi connectivity index (χ2n) is 4.61. The van der Waals surface area contributed by atoms with Gasteiger partial charge in [-0.05, 0) is 49.2 Å². The maximum absolute atomic E-state index is 12.2. The van der Waals surface area contributed by atoms with Gasteiger partial charge in [0, 0.05) is 10.2 Å². The van der Waals surface area contributed by atoms with Gasteiger partial charge in [-0.3, -0.25) is 4.79 Å². The summed E-state index contributed by atoms with van der Waals surface area (Å²) in [6.07, 6.45) is 0. The maximum Gasteiger partial charge on any atom is 0.259 e. The van der Waals surface area contributed by atoms with Gasteiger partial charge in [-0.2, -0.15) is 0 Å². The molecule has 0 aliphatic rings. The van der Waals surface area contributed by atoms with Gasteiger partial charge in [0.15, 0.2) is 5.75 Å². The predicted octanol–water partition coefficient (Wildman–Crippen LogP) is 3.61. The number of nitrogen functional groups attached to an aromatic ring is 1.